The average Bonchev–Trinajstić information content (AvgIpc) is 3.45. The SMILES string of the molecule is CC1CCC(C(NC(=O)c2ccnn2C)C(=O)Nc2cc(CN3C[C@@H](C(F)(F)F)NC3=O)c(F)cn2)CC1. The number of carbonyl (C=O) groups excluding carboxylic acids is 3. The molecule has 2 atom stereocenters. The van der Waals surface area contributed by atoms with Crippen LogP contribution in [0.3, 0.4) is 0 Å². The Morgan fingerprint density at radius 2 is 1.95 bits per heavy atom. The third-order valence-corrected chi connectivity index (χ3v) is 7.08. The number of alkyl halides is 3. The Balaban J connectivity index is 1.49. The minimum absolute atomic E-state index is 0.0534. The normalized spacial score (nSPS) is 22.6. The molecule has 1 saturated carbocycles. The van der Waals surface area contributed by atoms with Crippen molar-refractivity contribution in [2.75, 3.05) is 11.9 Å². The van der Waals surface area contributed by atoms with Gasteiger partial charge in [-0.2, -0.15) is 18.3 Å². The van der Waals surface area contributed by atoms with Crippen molar-refractivity contribution in [2.24, 2.45) is 18.9 Å². The van der Waals surface area contributed by atoms with Gasteiger partial charge < -0.3 is 20.9 Å². The van der Waals surface area contributed by atoms with E-state index in [-0.39, 0.29) is 23.0 Å². The summed E-state index contributed by atoms with van der Waals surface area (Å²) in [5, 5.41) is 11.2. The quantitative estimate of drug-likeness (QED) is 0.468. The molecule has 4 amide bonds. The fourth-order valence-electron chi connectivity index (χ4n) is 4.82. The van der Waals surface area contributed by atoms with Crippen LogP contribution < -0.4 is 16.0 Å². The molecule has 2 aromatic heterocycles. The molecule has 0 radical (unpaired) electrons. The number of anilines is 1. The summed E-state index contributed by atoms with van der Waals surface area (Å²) in [6.07, 6.45) is 0.887. The van der Waals surface area contributed by atoms with Crippen LogP contribution in [-0.4, -0.2) is 62.3 Å². The number of nitrogens with one attached hydrogen (secondary N) is 3. The van der Waals surface area contributed by atoms with E-state index in [1.165, 1.54) is 23.0 Å². The van der Waals surface area contributed by atoms with Crippen LogP contribution in [0.15, 0.2) is 24.5 Å². The number of hydrogen-bond donors (Lipinski definition) is 3. The van der Waals surface area contributed by atoms with Gasteiger partial charge in [0, 0.05) is 18.8 Å². The number of rotatable bonds is 7. The highest BCUT2D eigenvalue weighted by Crippen LogP contribution is 2.31. The molecule has 1 aliphatic carbocycles. The van der Waals surface area contributed by atoms with Gasteiger partial charge in [-0.3, -0.25) is 14.3 Å². The second kappa shape index (κ2) is 11.0. The number of amides is 4. The lowest BCUT2D eigenvalue weighted by molar-refractivity contribution is -0.149. The van der Waals surface area contributed by atoms with E-state index < -0.39 is 55.0 Å². The summed E-state index contributed by atoms with van der Waals surface area (Å²) in [5.74, 6) is -1.56. The van der Waals surface area contributed by atoms with Crippen molar-refractivity contribution in [3.8, 4) is 0 Å². The first-order chi connectivity index (χ1) is 17.9. The van der Waals surface area contributed by atoms with Crippen LogP contribution in [0.4, 0.5) is 28.2 Å². The fourth-order valence-corrected chi connectivity index (χ4v) is 4.82. The van der Waals surface area contributed by atoms with Gasteiger partial charge in [0.1, 0.15) is 29.4 Å². The molecule has 0 spiro atoms. The molecule has 14 heteroatoms. The van der Waals surface area contributed by atoms with Gasteiger partial charge >= 0.3 is 12.2 Å². The molecule has 2 aromatic rings. The second-order valence-corrected chi connectivity index (χ2v) is 9.89. The molecule has 1 aliphatic heterocycles. The van der Waals surface area contributed by atoms with Crippen molar-refractivity contribution in [1.29, 1.82) is 0 Å². The molecule has 0 aromatic carbocycles. The largest absolute Gasteiger partial charge is 0.410 e. The Labute approximate surface area is 216 Å². The summed E-state index contributed by atoms with van der Waals surface area (Å²) >= 11 is 0. The summed E-state index contributed by atoms with van der Waals surface area (Å²) in [5.41, 5.74) is 0.158. The van der Waals surface area contributed by atoms with E-state index >= 15 is 0 Å². The lowest BCUT2D eigenvalue weighted by Crippen LogP contribution is -2.49. The molecular formula is C24H29F4N7O3. The minimum atomic E-state index is -4.63. The summed E-state index contributed by atoms with van der Waals surface area (Å²) < 4.78 is 54.8. The molecule has 4 rings (SSSR count). The Morgan fingerprint density at radius 3 is 2.55 bits per heavy atom. The van der Waals surface area contributed by atoms with Gasteiger partial charge in [-0.1, -0.05) is 19.8 Å². The molecule has 0 bridgehead atoms. The van der Waals surface area contributed by atoms with Crippen LogP contribution in [0.1, 0.15) is 48.7 Å². The minimum Gasteiger partial charge on any atom is -0.339 e. The summed E-state index contributed by atoms with van der Waals surface area (Å²) in [6.45, 7) is 1.01. The number of urea groups is 1. The Morgan fingerprint density at radius 1 is 1.24 bits per heavy atom. The molecule has 2 fully saturated rings. The molecule has 2 aliphatic rings. The predicted octanol–water partition coefficient (Wildman–Crippen LogP) is 2.97. The van der Waals surface area contributed by atoms with Gasteiger partial charge in [0.15, 0.2) is 0 Å². The Kier molecular flexibility index (Phi) is 7.88. The van der Waals surface area contributed by atoms with Gasteiger partial charge in [0.25, 0.3) is 5.91 Å². The maximum atomic E-state index is 14.5. The average molecular weight is 540 g/mol. The first kappa shape index (κ1) is 27.3. The number of pyridine rings is 1. The van der Waals surface area contributed by atoms with Gasteiger partial charge in [-0.15, -0.1) is 0 Å². The highest BCUT2D eigenvalue weighted by Gasteiger charge is 2.47. The topological polar surface area (TPSA) is 121 Å². The zero-order chi connectivity index (χ0) is 27.6. The predicted molar refractivity (Wildman–Crippen MR) is 127 cm³/mol. The second-order valence-electron chi connectivity index (χ2n) is 9.89. The van der Waals surface area contributed by atoms with Gasteiger partial charge in [-0.05, 0) is 36.8 Å². The monoisotopic (exact) mass is 539 g/mol. The van der Waals surface area contributed by atoms with Crippen molar-refractivity contribution >= 4 is 23.7 Å². The lowest BCUT2D eigenvalue weighted by Gasteiger charge is -2.32. The Hall–Kier alpha value is -3.71. The van der Waals surface area contributed by atoms with Gasteiger partial charge in [-0.25, -0.2) is 14.2 Å². The molecule has 1 unspecified atom stereocenters. The zero-order valence-corrected chi connectivity index (χ0v) is 20.9. The number of hydrogen-bond acceptors (Lipinski definition) is 5. The first-order valence-electron chi connectivity index (χ1n) is 12.3. The molecule has 38 heavy (non-hydrogen) atoms. The Bertz CT molecular complexity index is 1190. The number of aromatic nitrogens is 3. The summed E-state index contributed by atoms with van der Waals surface area (Å²) in [4.78, 5) is 42.9. The third-order valence-electron chi connectivity index (χ3n) is 7.08. The van der Waals surface area contributed by atoms with E-state index in [0.717, 1.165) is 36.8 Å². The summed E-state index contributed by atoms with van der Waals surface area (Å²) in [7, 11) is 1.60. The highest BCUT2D eigenvalue weighted by atomic mass is 19.4. The van der Waals surface area contributed by atoms with Crippen LogP contribution in [0.25, 0.3) is 0 Å². The van der Waals surface area contributed by atoms with Crippen molar-refractivity contribution < 1.29 is 31.9 Å². The van der Waals surface area contributed by atoms with E-state index in [0.29, 0.717) is 5.92 Å². The van der Waals surface area contributed by atoms with E-state index in [2.05, 4.69) is 27.6 Å². The molecule has 3 heterocycles. The van der Waals surface area contributed by atoms with Crippen molar-refractivity contribution in [2.45, 2.75) is 57.4 Å². The zero-order valence-electron chi connectivity index (χ0n) is 20.9. The molecule has 1 saturated heterocycles. The molecule has 206 valence electrons. The lowest BCUT2D eigenvalue weighted by atomic mass is 9.79. The van der Waals surface area contributed by atoms with Crippen LogP contribution in [0, 0.1) is 17.7 Å². The smallest absolute Gasteiger partial charge is 0.339 e. The third kappa shape index (κ3) is 6.22. The van der Waals surface area contributed by atoms with E-state index in [1.54, 1.807) is 7.05 Å². The highest BCUT2D eigenvalue weighted by molar-refractivity contribution is 6.00. The van der Waals surface area contributed by atoms with E-state index in [9.17, 15) is 31.9 Å². The summed E-state index contributed by atoms with van der Waals surface area (Å²) in [6, 6.07) is -1.24. The standard InChI is InChI=1S/C24H29F4N7O3/c1-13-3-5-14(6-4-13)20(33-21(36)17-7-8-30-34(17)2)22(37)32-19-9-15(16(25)10-29-19)11-35-12-18(24(26,27)28)31-23(35)38/h7-10,13-14,18,20H,3-6,11-12H2,1-2H3,(H,31,38)(H,33,36)(H,29,32,37)/t13?,14?,18-,20?/m0/s1. The van der Waals surface area contributed by atoms with Crippen LogP contribution in [0.2, 0.25) is 0 Å². The van der Waals surface area contributed by atoms with Gasteiger partial charge in [0.2, 0.25) is 5.91 Å². The fraction of sp³-hybridized carbons (Fsp3) is 0.542. The van der Waals surface area contributed by atoms with Crippen molar-refractivity contribution in [3.05, 3.63) is 41.6 Å². The number of halogens is 4. The first-order valence-corrected chi connectivity index (χ1v) is 12.3. The van der Waals surface area contributed by atoms with Crippen molar-refractivity contribution in [1.82, 2.24) is 30.3 Å². The number of carbonyl (C=O) groups is 3. The van der Waals surface area contributed by atoms with Crippen LogP contribution in [-0.2, 0) is 18.4 Å². The molecule has 3 N–H and O–H groups in total. The van der Waals surface area contributed by atoms with Gasteiger partial charge in [0.05, 0.1) is 19.3 Å². The number of aryl methyl sites for hydroxylation is 1. The van der Waals surface area contributed by atoms with Crippen molar-refractivity contribution in [3.63, 3.8) is 0 Å². The van der Waals surface area contributed by atoms with E-state index in [4.69, 9.17) is 0 Å². The van der Waals surface area contributed by atoms with E-state index in [1.807, 2.05) is 5.32 Å². The maximum Gasteiger partial charge on any atom is 0.410 e. The molecule has 10 nitrogen and oxygen atoms in total. The molecular weight excluding hydrogens is 510 g/mol. The number of nitrogens with zero attached hydrogens (tertiary/aromatic N) is 4. The van der Waals surface area contributed by atoms with Crippen LogP contribution in [0.5, 0.6) is 0 Å². The van der Waals surface area contributed by atoms with Crippen LogP contribution >= 0.6 is 0 Å². The maximum absolute atomic E-state index is 14.5.